The van der Waals surface area contributed by atoms with Crippen LogP contribution < -0.4 is 10.9 Å². The van der Waals surface area contributed by atoms with Crippen molar-refractivity contribution < 1.29 is 9.59 Å². The minimum atomic E-state index is -0.447. The zero-order chi connectivity index (χ0) is 18.2. The van der Waals surface area contributed by atoms with Gasteiger partial charge >= 0.3 is 0 Å². The van der Waals surface area contributed by atoms with Crippen molar-refractivity contribution in [2.45, 2.75) is 19.9 Å². The summed E-state index contributed by atoms with van der Waals surface area (Å²) in [6, 6.07) is 15.0. The highest BCUT2D eigenvalue weighted by Gasteiger charge is 2.12. The van der Waals surface area contributed by atoms with Crippen molar-refractivity contribution in [2.24, 2.45) is 0 Å². The van der Waals surface area contributed by atoms with Gasteiger partial charge in [-0.3, -0.25) is 25.3 Å². The van der Waals surface area contributed by atoms with E-state index in [2.05, 4.69) is 42.0 Å². The molecule has 132 valence electrons. The summed E-state index contributed by atoms with van der Waals surface area (Å²) in [5, 5.41) is 0.335. The third-order valence-electron chi connectivity index (χ3n) is 3.73. The number of hydrogen-bond donors (Lipinski definition) is 2. The van der Waals surface area contributed by atoms with Gasteiger partial charge in [0.1, 0.15) is 0 Å². The predicted octanol–water partition coefficient (Wildman–Crippen LogP) is 2.80. The summed E-state index contributed by atoms with van der Waals surface area (Å²) in [7, 11) is 1.85. The molecule has 0 saturated heterocycles. The number of benzene rings is 2. The molecule has 2 N–H and O–H groups in total. The molecule has 0 bridgehead atoms. The molecule has 0 fully saturated rings. The zero-order valence-corrected chi connectivity index (χ0v) is 15.1. The summed E-state index contributed by atoms with van der Waals surface area (Å²) in [5.74, 6) is -0.746. The molecule has 2 aromatic rings. The molecule has 0 aliphatic heterocycles. The first kappa shape index (κ1) is 19.0. The minimum Gasteiger partial charge on any atom is -0.293 e. The summed E-state index contributed by atoms with van der Waals surface area (Å²) in [4.78, 5) is 25.8. The molecule has 0 aliphatic rings. The lowest BCUT2D eigenvalue weighted by Gasteiger charge is -2.17. The molecule has 0 aromatic heterocycles. The van der Waals surface area contributed by atoms with Gasteiger partial charge < -0.3 is 0 Å². The molecule has 2 aromatic carbocycles. The quantitative estimate of drug-likeness (QED) is 0.780. The van der Waals surface area contributed by atoms with Crippen LogP contribution >= 0.6 is 11.6 Å². The van der Waals surface area contributed by atoms with Crippen molar-refractivity contribution in [3.63, 3.8) is 0 Å². The molecule has 0 radical (unpaired) electrons. The number of amides is 2. The van der Waals surface area contributed by atoms with E-state index < -0.39 is 5.91 Å². The van der Waals surface area contributed by atoms with Crippen molar-refractivity contribution in [3.05, 3.63) is 70.2 Å². The first-order valence-electron chi connectivity index (χ1n) is 8.09. The van der Waals surface area contributed by atoms with Crippen LogP contribution in [0.15, 0.2) is 48.5 Å². The van der Waals surface area contributed by atoms with Crippen LogP contribution in [0.25, 0.3) is 0 Å². The molecule has 0 saturated carbocycles. The van der Waals surface area contributed by atoms with Gasteiger partial charge in [-0.1, -0.05) is 54.9 Å². The lowest BCUT2D eigenvalue weighted by atomic mass is 10.1. The number of aryl methyl sites for hydroxylation is 1. The van der Waals surface area contributed by atoms with E-state index in [0.717, 1.165) is 12.0 Å². The number of carbonyl (C=O) groups excluding carboxylic acids is 2. The van der Waals surface area contributed by atoms with Crippen LogP contribution in [0, 0.1) is 0 Å². The summed E-state index contributed by atoms with van der Waals surface area (Å²) in [5.41, 5.74) is 7.51. The van der Waals surface area contributed by atoms with E-state index in [9.17, 15) is 9.59 Å². The van der Waals surface area contributed by atoms with E-state index in [1.54, 1.807) is 24.3 Å². The highest BCUT2D eigenvalue weighted by Crippen LogP contribution is 2.14. The average Bonchev–Trinajstić information content (AvgIpc) is 2.60. The Hall–Kier alpha value is -2.37. The Morgan fingerprint density at radius 2 is 1.64 bits per heavy atom. The van der Waals surface area contributed by atoms with Crippen LogP contribution in [0.3, 0.4) is 0 Å². The maximum atomic E-state index is 12.0. The smallest absolute Gasteiger partial charge is 0.271 e. The summed E-state index contributed by atoms with van der Waals surface area (Å²) >= 11 is 5.95. The van der Waals surface area contributed by atoms with E-state index in [-0.39, 0.29) is 12.5 Å². The number of halogens is 1. The topological polar surface area (TPSA) is 61.4 Å². The zero-order valence-electron chi connectivity index (χ0n) is 14.4. The Morgan fingerprint density at radius 3 is 2.28 bits per heavy atom. The number of nitrogens with one attached hydrogen (secondary N) is 2. The van der Waals surface area contributed by atoms with Crippen LogP contribution in [0.4, 0.5) is 0 Å². The molecule has 0 heterocycles. The average molecular weight is 360 g/mol. The van der Waals surface area contributed by atoms with Crippen molar-refractivity contribution >= 4 is 23.4 Å². The normalized spacial score (nSPS) is 10.6. The number of rotatable bonds is 6. The summed E-state index contributed by atoms with van der Waals surface area (Å²) in [6.45, 7) is 2.93. The van der Waals surface area contributed by atoms with E-state index in [0.29, 0.717) is 17.1 Å². The Labute approximate surface area is 152 Å². The highest BCUT2D eigenvalue weighted by molar-refractivity contribution is 6.33. The Bertz CT molecular complexity index is 732. The maximum absolute atomic E-state index is 12.0. The van der Waals surface area contributed by atoms with Crippen molar-refractivity contribution in [1.29, 1.82) is 0 Å². The molecule has 5 nitrogen and oxygen atoms in total. The summed E-state index contributed by atoms with van der Waals surface area (Å²) in [6.07, 6.45) is 1.00. The molecule has 0 aliphatic carbocycles. The van der Waals surface area contributed by atoms with E-state index >= 15 is 0 Å². The molecule has 25 heavy (non-hydrogen) atoms. The van der Waals surface area contributed by atoms with Crippen molar-refractivity contribution in [3.8, 4) is 0 Å². The van der Waals surface area contributed by atoms with Crippen LogP contribution in [-0.4, -0.2) is 30.3 Å². The molecule has 0 spiro atoms. The number of hydrazine groups is 1. The Morgan fingerprint density at radius 1 is 1.00 bits per heavy atom. The van der Waals surface area contributed by atoms with Gasteiger partial charge in [0.25, 0.3) is 11.8 Å². The standard InChI is InChI=1S/C19H22ClN3O2/c1-3-14-8-10-15(11-9-14)12-23(2)13-18(24)21-22-19(25)16-6-4-5-7-17(16)20/h4-11H,3,12-13H2,1-2H3,(H,21,24)(H,22,25). The van der Waals surface area contributed by atoms with Crippen LogP contribution in [-0.2, 0) is 17.8 Å². The lowest BCUT2D eigenvalue weighted by Crippen LogP contribution is -2.45. The maximum Gasteiger partial charge on any atom is 0.271 e. The minimum absolute atomic E-state index is 0.165. The molecule has 0 atom stereocenters. The second kappa shape index (κ2) is 9.20. The van der Waals surface area contributed by atoms with Gasteiger partial charge in [-0.05, 0) is 36.7 Å². The fraction of sp³-hybridized carbons (Fsp3) is 0.263. The van der Waals surface area contributed by atoms with Crippen LogP contribution in [0.1, 0.15) is 28.4 Å². The monoisotopic (exact) mass is 359 g/mol. The Kier molecular flexibility index (Phi) is 6.98. The number of carbonyl (C=O) groups is 2. The number of likely N-dealkylation sites (N-methyl/N-ethyl adjacent to an activating group) is 1. The molecule has 2 amide bonds. The fourth-order valence-electron chi connectivity index (χ4n) is 2.37. The molecule has 6 heteroatoms. The van der Waals surface area contributed by atoms with Gasteiger partial charge in [0.05, 0.1) is 17.1 Å². The van der Waals surface area contributed by atoms with Gasteiger partial charge in [-0.2, -0.15) is 0 Å². The van der Waals surface area contributed by atoms with Crippen molar-refractivity contribution in [1.82, 2.24) is 15.8 Å². The molecular formula is C19H22ClN3O2. The molecule has 2 rings (SSSR count). The first-order valence-corrected chi connectivity index (χ1v) is 8.47. The van der Waals surface area contributed by atoms with E-state index in [1.807, 2.05) is 11.9 Å². The van der Waals surface area contributed by atoms with Crippen molar-refractivity contribution in [2.75, 3.05) is 13.6 Å². The number of nitrogens with zero attached hydrogens (tertiary/aromatic N) is 1. The van der Waals surface area contributed by atoms with Gasteiger partial charge in [0, 0.05) is 6.54 Å². The van der Waals surface area contributed by atoms with Crippen LogP contribution in [0.5, 0.6) is 0 Å². The fourth-order valence-corrected chi connectivity index (χ4v) is 2.59. The second-order valence-electron chi connectivity index (χ2n) is 5.82. The summed E-state index contributed by atoms with van der Waals surface area (Å²) < 4.78 is 0. The van der Waals surface area contributed by atoms with E-state index in [4.69, 9.17) is 11.6 Å². The number of hydrogen-bond acceptors (Lipinski definition) is 3. The van der Waals surface area contributed by atoms with Gasteiger partial charge in [0.2, 0.25) is 0 Å². The van der Waals surface area contributed by atoms with E-state index in [1.165, 1.54) is 5.56 Å². The van der Waals surface area contributed by atoms with Gasteiger partial charge in [-0.25, -0.2) is 0 Å². The molecule has 0 unspecified atom stereocenters. The highest BCUT2D eigenvalue weighted by atomic mass is 35.5. The SMILES string of the molecule is CCc1ccc(CN(C)CC(=O)NNC(=O)c2ccccc2Cl)cc1. The lowest BCUT2D eigenvalue weighted by molar-refractivity contribution is -0.122. The Balaban J connectivity index is 1.79. The van der Waals surface area contributed by atoms with Gasteiger partial charge in [0.15, 0.2) is 0 Å². The third kappa shape index (κ3) is 5.89. The largest absolute Gasteiger partial charge is 0.293 e. The third-order valence-corrected chi connectivity index (χ3v) is 4.06. The first-order chi connectivity index (χ1) is 12.0. The van der Waals surface area contributed by atoms with Gasteiger partial charge in [-0.15, -0.1) is 0 Å². The van der Waals surface area contributed by atoms with Crippen LogP contribution in [0.2, 0.25) is 5.02 Å². The molecular weight excluding hydrogens is 338 g/mol. The second-order valence-corrected chi connectivity index (χ2v) is 6.23. The predicted molar refractivity (Wildman–Crippen MR) is 99.2 cm³/mol.